The minimum Gasteiger partial charge on any atom is -0.304 e. The van der Waals surface area contributed by atoms with Crippen LogP contribution in [0.5, 0.6) is 0 Å². The molecule has 0 radical (unpaired) electrons. The molecule has 0 bridgehead atoms. The van der Waals surface area contributed by atoms with Crippen LogP contribution in [0.25, 0.3) is 5.69 Å². The highest BCUT2D eigenvalue weighted by molar-refractivity contribution is 9.10. The van der Waals surface area contributed by atoms with Gasteiger partial charge in [0.05, 0.1) is 5.69 Å². The summed E-state index contributed by atoms with van der Waals surface area (Å²) in [4.78, 5) is 3.97. The van der Waals surface area contributed by atoms with Crippen molar-refractivity contribution in [2.24, 2.45) is 0 Å². The summed E-state index contributed by atoms with van der Waals surface area (Å²) in [6, 6.07) is 16.8. The van der Waals surface area contributed by atoms with Crippen LogP contribution < -0.4 is 5.32 Å². The zero-order valence-corrected chi connectivity index (χ0v) is 14.8. The number of benzene rings is 2. The molecule has 1 aromatic heterocycles. The van der Waals surface area contributed by atoms with Crippen molar-refractivity contribution < 1.29 is 0 Å². The standard InChI is InChI=1S/C18H19BrN4/c1-18(2,15-5-7-16(19)8-6-15)21-11-14-3-9-17(10-4-14)23-13-20-12-22-23/h3-10,12-13,21H,11H2,1-2H3. The van der Waals surface area contributed by atoms with Crippen LogP contribution in [0, 0.1) is 0 Å². The highest BCUT2D eigenvalue weighted by atomic mass is 79.9. The van der Waals surface area contributed by atoms with Crippen LogP contribution in [0.15, 0.2) is 65.7 Å². The van der Waals surface area contributed by atoms with Crippen molar-refractivity contribution in [1.29, 1.82) is 0 Å². The fourth-order valence-electron chi connectivity index (χ4n) is 2.40. The van der Waals surface area contributed by atoms with Gasteiger partial charge in [0.15, 0.2) is 0 Å². The van der Waals surface area contributed by atoms with E-state index in [4.69, 9.17) is 0 Å². The van der Waals surface area contributed by atoms with Crippen molar-refractivity contribution in [2.45, 2.75) is 25.9 Å². The van der Waals surface area contributed by atoms with Crippen LogP contribution in [-0.4, -0.2) is 14.8 Å². The topological polar surface area (TPSA) is 42.7 Å². The molecule has 0 aliphatic carbocycles. The lowest BCUT2D eigenvalue weighted by atomic mass is 9.94. The molecule has 2 aromatic carbocycles. The molecule has 3 aromatic rings. The molecule has 0 aliphatic heterocycles. The summed E-state index contributed by atoms with van der Waals surface area (Å²) in [5.74, 6) is 0. The Morgan fingerprint density at radius 3 is 2.35 bits per heavy atom. The van der Waals surface area contributed by atoms with Crippen molar-refractivity contribution in [3.8, 4) is 5.69 Å². The Morgan fingerprint density at radius 1 is 1.04 bits per heavy atom. The molecule has 1 heterocycles. The molecule has 3 rings (SSSR count). The average Bonchev–Trinajstić information content (AvgIpc) is 3.08. The number of hydrogen-bond donors (Lipinski definition) is 1. The first-order valence-corrected chi connectivity index (χ1v) is 8.29. The summed E-state index contributed by atoms with van der Waals surface area (Å²) in [5.41, 5.74) is 3.42. The SMILES string of the molecule is CC(C)(NCc1ccc(-n2cncn2)cc1)c1ccc(Br)cc1. The first kappa shape index (κ1) is 15.9. The van der Waals surface area contributed by atoms with Gasteiger partial charge in [-0.25, -0.2) is 9.67 Å². The molecule has 0 saturated heterocycles. The zero-order chi connectivity index (χ0) is 16.3. The van der Waals surface area contributed by atoms with Crippen molar-refractivity contribution in [1.82, 2.24) is 20.1 Å². The lowest BCUT2D eigenvalue weighted by Crippen LogP contribution is -2.35. The van der Waals surface area contributed by atoms with Gasteiger partial charge in [-0.05, 0) is 49.2 Å². The maximum atomic E-state index is 4.13. The van der Waals surface area contributed by atoms with E-state index in [0.29, 0.717) is 0 Å². The summed E-state index contributed by atoms with van der Waals surface area (Å²) >= 11 is 3.48. The van der Waals surface area contributed by atoms with Gasteiger partial charge >= 0.3 is 0 Å². The molecule has 0 amide bonds. The number of rotatable bonds is 5. The van der Waals surface area contributed by atoms with Crippen molar-refractivity contribution in [3.63, 3.8) is 0 Å². The lowest BCUT2D eigenvalue weighted by molar-refractivity contribution is 0.401. The van der Waals surface area contributed by atoms with Gasteiger partial charge in [0, 0.05) is 16.6 Å². The summed E-state index contributed by atoms with van der Waals surface area (Å²) in [6.45, 7) is 5.20. The van der Waals surface area contributed by atoms with Gasteiger partial charge in [-0.3, -0.25) is 0 Å². The number of halogens is 1. The van der Waals surface area contributed by atoms with Gasteiger partial charge in [0.1, 0.15) is 12.7 Å². The Kier molecular flexibility index (Phi) is 4.59. The molecule has 5 heteroatoms. The van der Waals surface area contributed by atoms with E-state index in [9.17, 15) is 0 Å². The Balaban J connectivity index is 1.66. The number of hydrogen-bond acceptors (Lipinski definition) is 3. The molecule has 0 fully saturated rings. The van der Waals surface area contributed by atoms with E-state index in [1.807, 2.05) is 0 Å². The van der Waals surface area contributed by atoms with Crippen LogP contribution in [0.4, 0.5) is 0 Å². The van der Waals surface area contributed by atoms with Gasteiger partial charge in [0.2, 0.25) is 0 Å². The average molecular weight is 371 g/mol. The summed E-state index contributed by atoms with van der Waals surface area (Å²) in [6.07, 6.45) is 3.24. The maximum Gasteiger partial charge on any atom is 0.138 e. The van der Waals surface area contributed by atoms with Crippen LogP contribution >= 0.6 is 15.9 Å². The van der Waals surface area contributed by atoms with Crippen molar-refractivity contribution in [2.75, 3.05) is 0 Å². The van der Waals surface area contributed by atoms with Crippen LogP contribution in [-0.2, 0) is 12.1 Å². The minimum atomic E-state index is -0.0920. The maximum absolute atomic E-state index is 4.13. The van der Waals surface area contributed by atoms with E-state index < -0.39 is 0 Å². The molecule has 0 unspecified atom stereocenters. The molecule has 0 aliphatic rings. The molecule has 23 heavy (non-hydrogen) atoms. The Morgan fingerprint density at radius 2 is 1.74 bits per heavy atom. The largest absolute Gasteiger partial charge is 0.304 e. The van der Waals surface area contributed by atoms with E-state index in [-0.39, 0.29) is 5.54 Å². The third-order valence-corrected chi connectivity index (χ3v) is 4.45. The Bertz CT molecular complexity index is 747. The van der Waals surface area contributed by atoms with Crippen LogP contribution in [0.1, 0.15) is 25.0 Å². The van der Waals surface area contributed by atoms with E-state index in [1.165, 1.54) is 17.5 Å². The third-order valence-electron chi connectivity index (χ3n) is 3.92. The molecule has 4 nitrogen and oxygen atoms in total. The van der Waals surface area contributed by atoms with Gasteiger partial charge in [-0.1, -0.05) is 40.2 Å². The predicted octanol–water partition coefficient (Wildman–Crippen LogP) is 4.05. The number of aromatic nitrogens is 3. The van der Waals surface area contributed by atoms with E-state index in [1.54, 1.807) is 11.0 Å². The van der Waals surface area contributed by atoms with Gasteiger partial charge in [-0.2, -0.15) is 5.10 Å². The van der Waals surface area contributed by atoms with Crippen molar-refractivity contribution in [3.05, 3.63) is 76.8 Å². The van der Waals surface area contributed by atoms with E-state index in [0.717, 1.165) is 16.7 Å². The van der Waals surface area contributed by atoms with E-state index in [2.05, 4.69) is 93.7 Å². The van der Waals surface area contributed by atoms with E-state index >= 15 is 0 Å². The second kappa shape index (κ2) is 6.64. The predicted molar refractivity (Wildman–Crippen MR) is 95.4 cm³/mol. The summed E-state index contributed by atoms with van der Waals surface area (Å²) in [7, 11) is 0. The highest BCUT2D eigenvalue weighted by Gasteiger charge is 2.19. The molecule has 0 spiro atoms. The normalized spacial score (nSPS) is 11.6. The van der Waals surface area contributed by atoms with Gasteiger partial charge < -0.3 is 5.32 Å². The van der Waals surface area contributed by atoms with Gasteiger partial charge in [-0.15, -0.1) is 0 Å². The molecule has 0 atom stereocenters. The smallest absolute Gasteiger partial charge is 0.138 e. The van der Waals surface area contributed by atoms with Crippen molar-refractivity contribution >= 4 is 15.9 Å². The quantitative estimate of drug-likeness (QED) is 0.736. The molecule has 118 valence electrons. The monoisotopic (exact) mass is 370 g/mol. The molecular weight excluding hydrogens is 352 g/mol. The second-order valence-electron chi connectivity index (χ2n) is 5.99. The third kappa shape index (κ3) is 3.86. The number of nitrogens with one attached hydrogen (secondary N) is 1. The Hall–Kier alpha value is -1.98. The zero-order valence-electron chi connectivity index (χ0n) is 13.2. The summed E-state index contributed by atoms with van der Waals surface area (Å²) < 4.78 is 2.85. The molecule has 1 N–H and O–H groups in total. The molecular formula is C18H19BrN4. The fraction of sp³-hybridized carbons (Fsp3) is 0.222. The lowest BCUT2D eigenvalue weighted by Gasteiger charge is -2.27. The second-order valence-corrected chi connectivity index (χ2v) is 6.91. The fourth-order valence-corrected chi connectivity index (χ4v) is 2.66. The molecule has 0 saturated carbocycles. The summed E-state index contributed by atoms with van der Waals surface area (Å²) in [5, 5.41) is 7.75. The Labute approximate surface area is 144 Å². The van der Waals surface area contributed by atoms with Gasteiger partial charge in [0.25, 0.3) is 0 Å². The minimum absolute atomic E-state index is 0.0920. The first-order valence-electron chi connectivity index (χ1n) is 7.50. The number of nitrogens with zero attached hydrogens (tertiary/aromatic N) is 3. The first-order chi connectivity index (χ1) is 11.0. The van der Waals surface area contributed by atoms with Crippen LogP contribution in [0.2, 0.25) is 0 Å². The highest BCUT2D eigenvalue weighted by Crippen LogP contribution is 2.22. The van der Waals surface area contributed by atoms with Crippen LogP contribution in [0.3, 0.4) is 0 Å².